The van der Waals surface area contributed by atoms with Crippen molar-refractivity contribution in [3.63, 3.8) is 0 Å². The standard InChI is InChI=1S/C11H16BrNO2/c1-13-9(7-14)5-8-3-4-10(15-2)6-11(8)12/h3-4,6,9,13-14H,5,7H2,1-2H3/t9-/m1/s1. The van der Waals surface area contributed by atoms with E-state index in [-0.39, 0.29) is 12.6 Å². The number of rotatable bonds is 5. The van der Waals surface area contributed by atoms with Crippen molar-refractivity contribution in [3.8, 4) is 5.75 Å². The molecule has 0 fully saturated rings. The van der Waals surface area contributed by atoms with E-state index in [2.05, 4.69) is 21.2 Å². The summed E-state index contributed by atoms with van der Waals surface area (Å²) in [6, 6.07) is 5.95. The Morgan fingerprint density at radius 3 is 2.73 bits per heavy atom. The lowest BCUT2D eigenvalue weighted by molar-refractivity contribution is 0.248. The fourth-order valence-corrected chi connectivity index (χ4v) is 1.86. The molecule has 0 aliphatic heterocycles. The number of aliphatic hydroxyl groups is 1. The lowest BCUT2D eigenvalue weighted by Gasteiger charge is -2.14. The molecule has 0 unspecified atom stereocenters. The van der Waals surface area contributed by atoms with Crippen LogP contribution in [0.5, 0.6) is 5.75 Å². The molecule has 1 atom stereocenters. The lowest BCUT2D eigenvalue weighted by atomic mass is 10.1. The van der Waals surface area contributed by atoms with E-state index in [1.165, 1.54) is 0 Å². The molecule has 0 saturated carbocycles. The molecule has 84 valence electrons. The van der Waals surface area contributed by atoms with Gasteiger partial charge in [-0.1, -0.05) is 22.0 Å². The minimum absolute atomic E-state index is 0.0923. The van der Waals surface area contributed by atoms with E-state index in [9.17, 15) is 0 Å². The number of hydrogen-bond acceptors (Lipinski definition) is 3. The predicted molar refractivity (Wildman–Crippen MR) is 64.3 cm³/mol. The van der Waals surface area contributed by atoms with Crippen molar-refractivity contribution in [2.45, 2.75) is 12.5 Å². The molecule has 15 heavy (non-hydrogen) atoms. The predicted octanol–water partition coefficient (Wildman–Crippen LogP) is 1.58. The second-order valence-electron chi connectivity index (χ2n) is 3.33. The van der Waals surface area contributed by atoms with E-state index >= 15 is 0 Å². The van der Waals surface area contributed by atoms with Crippen molar-refractivity contribution in [1.82, 2.24) is 5.32 Å². The van der Waals surface area contributed by atoms with Gasteiger partial charge in [0.05, 0.1) is 13.7 Å². The summed E-state index contributed by atoms with van der Waals surface area (Å²) in [6.07, 6.45) is 0.789. The van der Waals surface area contributed by atoms with Crippen LogP contribution >= 0.6 is 15.9 Å². The second-order valence-corrected chi connectivity index (χ2v) is 4.18. The number of benzene rings is 1. The molecule has 0 aromatic heterocycles. The number of halogens is 1. The number of nitrogens with one attached hydrogen (secondary N) is 1. The highest BCUT2D eigenvalue weighted by Crippen LogP contribution is 2.23. The Labute approximate surface area is 98.6 Å². The summed E-state index contributed by atoms with van der Waals surface area (Å²) in [7, 11) is 3.49. The van der Waals surface area contributed by atoms with Crippen LogP contribution in [0.1, 0.15) is 5.56 Å². The topological polar surface area (TPSA) is 41.5 Å². The van der Waals surface area contributed by atoms with E-state index in [1.807, 2.05) is 25.2 Å². The Balaban J connectivity index is 2.77. The summed E-state index contributed by atoms with van der Waals surface area (Å²) in [5, 5.41) is 12.1. The van der Waals surface area contributed by atoms with E-state index in [0.717, 1.165) is 22.2 Å². The van der Waals surface area contributed by atoms with Gasteiger partial charge in [0.1, 0.15) is 5.75 Å². The fraction of sp³-hybridized carbons (Fsp3) is 0.455. The van der Waals surface area contributed by atoms with Gasteiger partial charge < -0.3 is 15.2 Å². The molecule has 3 nitrogen and oxygen atoms in total. The third kappa shape index (κ3) is 3.48. The monoisotopic (exact) mass is 273 g/mol. The van der Waals surface area contributed by atoms with E-state index in [1.54, 1.807) is 7.11 Å². The van der Waals surface area contributed by atoms with Crippen LogP contribution in [0.15, 0.2) is 22.7 Å². The second kappa shape index (κ2) is 6.10. The maximum Gasteiger partial charge on any atom is 0.120 e. The van der Waals surface area contributed by atoms with Crippen LogP contribution in [0.2, 0.25) is 0 Å². The first-order valence-corrected chi connectivity index (χ1v) is 5.61. The van der Waals surface area contributed by atoms with Crippen LogP contribution in [-0.4, -0.2) is 31.9 Å². The molecule has 1 aromatic rings. The normalized spacial score (nSPS) is 12.5. The molecule has 1 aromatic carbocycles. The minimum Gasteiger partial charge on any atom is -0.497 e. The number of hydrogen-bond donors (Lipinski definition) is 2. The van der Waals surface area contributed by atoms with Gasteiger partial charge in [-0.05, 0) is 31.2 Å². The molecule has 1 rings (SSSR count). The highest BCUT2D eigenvalue weighted by Gasteiger charge is 2.08. The van der Waals surface area contributed by atoms with Gasteiger partial charge in [0.15, 0.2) is 0 Å². The lowest BCUT2D eigenvalue weighted by Crippen LogP contribution is -2.31. The first-order chi connectivity index (χ1) is 7.21. The summed E-state index contributed by atoms with van der Waals surface area (Å²) in [6.45, 7) is 0.134. The summed E-state index contributed by atoms with van der Waals surface area (Å²) in [5.41, 5.74) is 1.16. The molecule has 0 heterocycles. The summed E-state index contributed by atoms with van der Waals surface area (Å²) in [5.74, 6) is 0.829. The SMILES string of the molecule is CN[C@@H](CO)Cc1ccc(OC)cc1Br. The van der Waals surface area contributed by atoms with Gasteiger partial charge in [0.25, 0.3) is 0 Å². The molecule has 4 heteroatoms. The van der Waals surface area contributed by atoms with Crippen LogP contribution in [0, 0.1) is 0 Å². The number of likely N-dealkylation sites (N-methyl/N-ethyl adjacent to an activating group) is 1. The molecule has 0 saturated heterocycles. The van der Waals surface area contributed by atoms with Gasteiger partial charge in [-0.15, -0.1) is 0 Å². The Morgan fingerprint density at radius 2 is 2.27 bits per heavy atom. The maximum atomic E-state index is 9.08. The molecular weight excluding hydrogens is 258 g/mol. The summed E-state index contributed by atoms with van der Waals surface area (Å²) >= 11 is 3.49. The molecular formula is C11H16BrNO2. The van der Waals surface area contributed by atoms with Crippen molar-refractivity contribution in [2.75, 3.05) is 20.8 Å². The number of ether oxygens (including phenoxy) is 1. The van der Waals surface area contributed by atoms with Gasteiger partial charge in [-0.3, -0.25) is 0 Å². The fourth-order valence-electron chi connectivity index (χ4n) is 1.34. The van der Waals surface area contributed by atoms with Crippen molar-refractivity contribution >= 4 is 15.9 Å². The van der Waals surface area contributed by atoms with E-state index in [0.29, 0.717) is 0 Å². The Bertz CT molecular complexity index is 313. The van der Waals surface area contributed by atoms with Crippen LogP contribution in [0.4, 0.5) is 0 Å². The van der Waals surface area contributed by atoms with Crippen LogP contribution in [0.3, 0.4) is 0 Å². The zero-order chi connectivity index (χ0) is 11.3. The first-order valence-electron chi connectivity index (χ1n) is 4.81. The molecule has 0 spiro atoms. The first kappa shape index (κ1) is 12.5. The molecule has 0 aliphatic rings. The minimum atomic E-state index is 0.0923. The number of aliphatic hydroxyl groups excluding tert-OH is 1. The average molecular weight is 274 g/mol. The third-order valence-electron chi connectivity index (χ3n) is 2.36. The zero-order valence-electron chi connectivity index (χ0n) is 8.96. The molecule has 0 amide bonds. The van der Waals surface area contributed by atoms with Crippen molar-refractivity contribution in [3.05, 3.63) is 28.2 Å². The van der Waals surface area contributed by atoms with Gasteiger partial charge in [0.2, 0.25) is 0 Å². The third-order valence-corrected chi connectivity index (χ3v) is 3.09. The highest BCUT2D eigenvalue weighted by molar-refractivity contribution is 9.10. The Hall–Kier alpha value is -0.580. The average Bonchev–Trinajstić information content (AvgIpc) is 2.27. The Morgan fingerprint density at radius 1 is 1.53 bits per heavy atom. The van der Waals surface area contributed by atoms with Gasteiger partial charge >= 0.3 is 0 Å². The molecule has 0 radical (unpaired) electrons. The zero-order valence-corrected chi connectivity index (χ0v) is 10.5. The van der Waals surface area contributed by atoms with Gasteiger partial charge in [-0.25, -0.2) is 0 Å². The summed E-state index contributed by atoms with van der Waals surface area (Å²) < 4.78 is 6.12. The van der Waals surface area contributed by atoms with Crippen LogP contribution in [-0.2, 0) is 6.42 Å². The maximum absolute atomic E-state index is 9.08. The van der Waals surface area contributed by atoms with Crippen molar-refractivity contribution < 1.29 is 9.84 Å². The van der Waals surface area contributed by atoms with Gasteiger partial charge in [-0.2, -0.15) is 0 Å². The smallest absolute Gasteiger partial charge is 0.120 e. The summed E-state index contributed by atoms with van der Waals surface area (Å²) in [4.78, 5) is 0. The van der Waals surface area contributed by atoms with Crippen LogP contribution in [0.25, 0.3) is 0 Å². The van der Waals surface area contributed by atoms with E-state index in [4.69, 9.17) is 9.84 Å². The van der Waals surface area contributed by atoms with Crippen molar-refractivity contribution in [2.24, 2.45) is 0 Å². The van der Waals surface area contributed by atoms with E-state index < -0.39 is 0 Å². The van der Waals surface area contributed by atoms with Gasteiger partial charge in [0, 0.05) is 10.5 Å². The van der Waals surface area contributed by atoms with Crippen LogP contribution < -0.4 is 10.1 Å². The molecule has 2 N–H and O–H groups in total. The molecule has 0 bridgehead atoms. The highest BCUT2D eigenvalue weighted by atomic mass is 79.9. The largest absolute Gasteiger partial charge is 0.497 e. The Kier molecular flexibility index (Phi) is 5.08. The quantitative estimate of drug-likeness (QED) is 0.856. The molecule has 0 aliphatic carbocycles. The number of methoxy groups -OCH3 is 1. The van der Waals surface area contributed by atoms with Crippen molar-refractivity contribution in [1.29, 1.82) is 0 Å².